The van der Waals surface area contributed by atoms with Crippen molar-refractivity contribution < 1.29 is 13.2 Å². The highest BCUT2D eigenvalue weighted by Crippen LogP contribution is 2.23. The third-order valence-electron chi connectivity index (χ3n) is 2.61. The topological polar surface area (TPSA) is 89.3 Å². The minimum atomic E-state index is -3.74. The molecule has 8 heteroatoms. The van der Waals surface area contributed by atoms with Gasteiger partial charge >= 0.3 is 0 Å². The maximum absolute atomic E-state index is 12.2. The molecule has 0 aliphatic carbocycles. The average molecular weight is 434 g/mol. The van der Waals surface area contributed by atoms with E-state index in [-0.39, 0.29) is 10.8 Å². The highest BCUT2D eigenvalue weighted by molar-refractivity contribution is 9.11. The lowest BCUT2D eigenvalue weighted by atomic mass is 10.2. The van der Waals surface area contributed by atoms with Crippen LogP contribution in [0.5, 0.6) is 0 Å². The second-order valence-electron chi connectivity index (χ2n) is 4.15. The Hall–Kier alpha value is -1.22. The van der Waals surface area contributed by atoms with Gasteiger partial charge in [-0.05, 0) is 58.4 Å². The van der Waals surface area contributed by atoms with E-state index in [2.05, 4.69) is 37.2 Å². The number of amides is 1. The minimum absolute atomic E-state index is 0.0101. The molecule has 2 rings (SSSR count). The number of primary sulfonamides is 1. The normalized spacial score (nSPS) is 11.2. The maximum Gasteiger partial charge on any atom is 0.256 e. The average Bonchev–Trinajstić information content (AvgIpc) is 2.41. The Balaban J connectivity index is 2.22. The quantitative estimate of drug-likeness (QED) is 0.779. The molecule has 0 unspecified atom stereocenters. The number of halogens is 2. The van der Waals surface area contributed by atoms with Gasteiger partial charge in [0, 0.05) is 14.6 Å². The van der Waals surface area contributed by atoms with Gasteiger partial charge in [-0.25, -0.2) is 13.6 Å². The van der Waals surface area contributed by atoms with Crippen LogP contribution in [0.1, 0.15) is 10.4 Å². The minimum Gasteiger partial charge on any atom is -0.322 e. The van der Waals surface area contributed by atoms with E-state index < -0.39 is 10.0 Å². The molecule has 0 saturated carbocycles. The molecular weight excluding hydrogens is 424 g/mol. The predicted molar refractivity (Wildman–Crippen MR) is 87.6 cm³/mol. The van der Waals surface area contributed by atoms with Crippen LogP contribution in [0, 0.1) is 0 Å². The van der Waals surface area contributed by atoms with Crippen molar-refractivity contribution >= 4 is 53.5 Å². The Morgan fingerprint density at radius 2 is 1.67 bits per heavy atom. The largest absolute Gasteiger partial charge is 0.322 e. The third-order valence-corrected chi connectivity index (χ3v) is 4.73. The van der Waals surface area contributed by atoms with Crippen molar-refractivity contribution in [2.75, 3.05) is 5.32 Å². The molecule has 21 heavy (non-hydrogen) atoms. The van der Waals surface area contributed by atoms with Gasteiger partial charge in [-0.15, -0.1) is 0 Å². The van der Waals surface area contributed by atoms with Crippen molar-refractivity contribution in [1.82, 2.24) is 0 Å². The van der Waals surface area contributed by atoms with Gasteiger partial charge in [0.1, 0.15) is 0 Å². The molecule has 0 aliphatic rings. The highest BCUT2D eigenvalue weighted by Gasteiger charge is 2.12. The number of carbonyl (C=O) groups excluding carboxylic acids is 1. The third kappa shape index (κ3) is 4.13. The molecule has 0 aromatic heterocycles. The van der Waals surface area contributed by atoms with Crippen LogP contribution in [0.3, 0.4) is 0 Å². The SMILES string of the molecule is NS(=O)(=O)c1ccc(NC(=O)c2cc(Br)ccc2Br)cc1. The lowest BCUT2D eigenvalue weighted by molar-refractivity contribution is 0.102. The van der Waals surface area contributed by atoms with Crippen molar-refractivity contribution in [1.29, 1.82) is 0 Å². The van der Waals surface area contributed by atoms with Gasteiger partial charge in [0.25, 0.3) is 5.91 Å². The fourth-order valence-corrected chi connectivity index (χ4v) is 2.90. The molecule has 1 amide bonds. The van der Waals surface area contributed by atoms with E-state index in [9.17, 15) is 13.2 Å². The summed E-state index contributed by atoms with van der Waals surface area (Å²) >= 11 is 6.60. The maximum atomic E-state index is 12.2. The number of rotatable bonds is 3. The summed E-state index contributed by atoms with van der Waals surface area (Å²) in [5, 5.41) is 7.69. The summed E-state index contributed by atoms with van der Waals surface area (Å²) in [4.78, 5) is 12.2. The molecule has 0 bridgehead atoms. The van der Waals surface area contributed by atoms with Gasteiger partial charge in [0.05, 0.1) is 10.5 Å². The highest BCUT2D eigenvalue weighted by atomic mass is 79.9. The molecule has 0 atom stereocenters. The number of sulfonamides is 1. The van der Waals surface area contributed by atoms with Gasteiger partial charge in [-0.3, -0.25) is 4.79 Å². The first-order valence-electron chi connectivity index (χ1n) is 5.66. The lowest BCUT2D eigenvalue weighted by Crippen LogP contribution is -2.14. The van der Waals surface area contributed by atoms with Gasteiger partial charge in [-0.1, -0.05) is 15.9 Å². The zero-order valence-corrected chi connectivity index (χ0v) is 14.5. The molecule has 2 aromatic carbocycles. The van der Waals surface area contributed by atoms with Crippen LogP contribution in [-0.2, 0) is 10.0 Å². The molecule has 2 aromatic rings. The number of carbonyl (C=O) groups is 1. The van der Waals surface area contributed by atoms with Crippen molar-refractivity contribution in [3.8, 4) is 0 Å². The van der Waals surface area contributed by atoms with Gasteiger partial charge in [0.2, 0.25) is 10.0 Å². The van der Waals surface area contributed by atoms with Gasteiger partial charge < -0.3 is 5.32 Å². The molecule has 5 nitrogen and oxygen atoms in total. The van der Waals surface area contributed by atoms with E-state index >= 15 is 0 Å². The first-order valence-corrected chi connectivity index (χ1v) is 8.80. The summed E-state index contributed by atoms with van der Waals surface area (Å²) in [7, 11) is -3.74. The van der Waals surface area contributed by atoms with Crippen LogP contribution < -0.4 is 10.5 Å². The molecule has 0 saturated heterocycles. The van der Waals surface area contributed by atoms with E-state index in [1.54, 1.807) is 12.1 Å². The molecule has 0 fully saturated rings. The Kier molecular flexibility index (Phi) is 4.82. The van der Waals surface area contributed by atoms with Gasteiger partial charge in [-0.2, -0.15) is 0 Å². The first kappa shape index (κ1) is 16.2. The molecular formula is C13H10Br2N2O3S. The number of benzene rings is 2. The van der Waals surface area contributed by atoms with Crippen molar-refractivity contribution in [3.05, 3.63) is 57.0 Å². The molecule has 0 heterocycles. The number of hydrogen-bond donors (Lipinski definition) is 2. The van der Waals surface area contributed by atoms with E-state index in [0.717, 1.165) is 4.47 Å². The van der Waals surface area contributed by atoms with Crippen LogP contribution in [0.15, 0.2) is 56.3 Å². The smallest absolute Gasteiger partial charge is 0.256 e. The van der Waals surface area contributed by atoms with Crippen molar-refractivity contribution in [2.45, 2.75) is 4.90 Å². The van der Waals surface area contributed by atoms with E-state index in [1.807, 2.05) is 6.07 Å². The van der Waals surface area contributed by atoms with E-state index in [1.165, 1.54) is 24.3 Å². The van der Waals surface area contributed by atoms with Gasteiger partial charge in [0.15, 0.2) is 0 Å². The van der Waals surface area contributed by atoms with Crippen molar-refractivity contribution in [2.24, 2.45) is 5.14 Å². The Labute approximate surface area is 138 Å². The molecule has 0 radical (unpaired) electrons. The number of hydrogen-bond acceptors (Lipinski definition) is 3. The number of anilines is 1. The first-order chi connectivity index (χ1) is 9.77. The monoisotopic (exact) mass is 432 g/mol. The molecule has 0 aliphatic heterocycles. The zero-order chi connectivity index (χ0) is 15.6. The molecule has 110 valence electrons. The van der Waals surface area contributed by atoms with E-state index in [0.29, 0.717) is 15.7 Å². The fourth-order valence-electron chi connectivity index (χ4n) is 1.60. The lowest BCUT2D eigenvalue weighted by Gasteiger charge is -2.08. The second kappa shape index (κ2) is 6.27. The summed E-state index contributed by atoms with van der Waals surface area (Å²) in [6.45, 7) is 0. The fraction of sp³-hybridized carbons (Fsp3) is 0. The van der Waals surface area contributed by atoms with Crippen LogP contribution >= 0.6 is 31.9 Å². The predicted octanol–water partition coefficient (Wildman–Crippen LogP) is 3.11. The van der Waals surface area contributed by atoms with Crippen LogP contribution in [-0.4, -0.2) is 14.3 Å². The van der Waals surface area contributed by atoms with Crippen LogP contribution in [0.4, 0.5) is 5.69 Å². The van der Waals surface area contributed by atoms with Crippen LogP contribution in [0.2, 0.25) is 0 Å². The summed E-state index contributed by atoms with van der Waals surface area (Å²) < 4.78 is 23.7. The molecule has 3 N–H and O–H groups in total. The Morgan fingerprint density at radius 3 is 2.24 bits per heavy atom. The van der Waals surface area contributed by atoms with E-state index in [4.69, 9.17) is 5.14 Å². The van der Waals surface area contributed by atoms with Crippen LogP contribution in [0.25, 0.3) is 0 Å². The molecule has 0 spiro atoms. The number of nitrogens with two attached hydrogens (primary N) is 1. The second-order valence-corrected chi connectivity index (χ2v) is 7.48. The standard InChI is InChI=1S/C13H10Br2N2O3S/c14-8-1-6-12(15)11(7-8)13(18)17-9-2-4-10(5-3-9)21(16,19)20/h1-7H,(H,17,18)(H2,16,19,20). The summed E-state index contributed by atoms with van der Waals surface area (Å²) in [6.07, 6.45) is 0. The number of nitrogens with one attached hydrogen (secondary N) is 1. The Morgan fingerprint density at radius 1 is 1.05 bits per heavy atom. The van der Waals surface area contributed by atoms with Crippen molar-refractivity contribution in [3.63, 3.8) is 0 Å². The zero-order valence-electron chi connectivity index (χ0n) is 10.5. The summed E-state index contributed by atoms with van der Waals surface area (Å²) in [5.41, 5.74) is 0.930. The summed E-state index contributed by atoms with van der Waals surface area (Å²) in [6, 6.07) is 10.9. The summed E-state index contributed by atoms with van der Waals surface area (Å²) in [5.74, 6) is -0.313. The Bertz CT molecular complexity index is 790.